The fraction of sp³-hybridized carbons (Fsp3) is 0.900. The summed E-state index contributed by atoms with van der Waals surface area (Å²) in [6.07, 6.45) is 6.94. The molecule has 0 amide bonds. The monoisotopic (exact) mass is 204 g/mol. The Kier molecular flexibility index (Phi) is 9.77. The fourth-order valence-corrected chi connectivity index (χ4v) is 1.47. The first-order chi connectivity index (χ1) is 6.31. The van der Waals surface area contributed by atoms with Crippen LogP contribution in [0.5, 0.6) is 0 Å². The van der Waals surface area contributed by atoms with E-state index in [1.54, 1.807) is 0 Å². The molecule has 0 bridgehead atoms. The summed E-state index contributed by atoms with van der Waals surface area (Å²) in [7, 11) is 0. The Morgan fingerprint density at radius 2 is 2.08 bits per heavy atom. The van der Waals surface area contributed by atoms with Crippen LogP contribution in [0, 0.1) is 0 Å². The van der Waals surface area contributed by atoms with E-state index in [-0.39, 0.29) is 5.97 Å². The van der Waals surface area contributed by atoms with Crippen molar-refractivity contribution >= 4 is 17.7 Å². The average Bonchev–Trinajstić information content (AvgIpc) is 2.14. The molecular formula is C10H20O2S. The third kappa shape index (κ3) is 9.74. The van der Waals surface area contributed by atoms with Crippen molar-refractivity contribution in [1.82, 2.24) is 0 Å². The lowest BCUT2D eigenvalue weighted by atomic mass is 10.2. The molecule has 0 radical (unpaired) electrons. The van der Waals surface area contributed by atoms with Gasteiger partial charge in [-0.15, -0.1) is 0 Å². The molecule has 0 N–H and O–H groups in total. The molecule has 13 heavy (non-hydrogen) atoms. The Morgan fingerprint density at radius 1 is 1.31 bits per heavy atom. The lowest BCUT2D eigenvalue weighted by Crippen LogP contribution is -2.04. The summed E-state index contributed by atoms with van der Waals surface area (Å²) in [5.74, 6) is 1.16. The first-order valence-corrected chi connectivity index (χ1v) is 6.35. The standard InChI is InChI=1S/C10H20O2S/c1-3-8-12-10(11)7-5-4-6-9-13-2/h3-9H2,1-2H3. The van der Waals surface area contributed by atoms with Crippen LogP contribution in [0.3, 0.4) is 0 Å². The molecule has 0 aliphatic heterocycles. The van der Waals surface area contributed by atoms with Gasteiger partial charge in [0.15, 0.2) is 0 Å². The quantitative estimate of drug-likeness (QED) is 0.449. The van der Waals surface area contributed by atoms with Gasteiger partial charge in [0.2, 0.25) is 0 Å². The average molecular weight is 204 g/mol. The van der Waals surface area contributed by atoms with E-state index >= 15 is 0 Å². The van der Waals surface area contributed by atoms with E-state index in [2.05, 4.69) is 6.26 Å². The summed E-state index contributed by atoms with van der Waals surface area (Å²) in [6.45, 7) is 2.58. The predicted molar refractivity (Wildman–Crippen MR) is 58.1 cm³/mol. The zero-order valence-electron chi connectivity index (χ0n) is 8.67. The van der Waals surface area contributed by atoms with Gasteiger partial charge in [-0.1, -0.05) is 13.3 Å². The summed E-state index contributed by atoms with van der Waals surface area (Å²) in [5, 5.41) is 0. The molecule has 0 saturated heterocycles. The summed E-state index contributed by atoms with van der Waals surface area (Å²) in [4.78, 5) is 11.0. The molecule has 0 aromatic heterocycles. The van der Waals surface area contributed by atoms with E-state index in [1.807, 2.05) is 18.7 Å². The SMILES string of the molecule is CCCOC(=O)CCCCCSC. The van der Waals surface area contributed by atoms with Crippen molar-refractivity contribution in [2.75, 3.05) is 18.6 Å². The number of hydrogen-bond donors (Lipinski definition) is 0. The third-order valence-corrected chi connectivity index (χ3v) is 2.39. The third-order valence-electron chi connectivity index (χ3n) is 1.70. The minimum absolute atomic E-state index is 0.0361. The van der Waals surface area contributed by atoms with Crippen LogP contribution in [0.4, 0.5) is 0 Å². The van der Waals surface area contributed by atoms with Gasteiger partial charge in [-0.25, -0.2) is 0 Å². The Labute approximate surface area is 85.4 Å². The van der Waals surface area contributed by atoms with Crippen molar-refractivity contribution in [2.24, 2.45) is 0 Å². The van der Waals surface area contributed by atoms with Gasteiger partial charge in [0.1, 0.15) is 0 Å². The molecule has 0 fully saturated rings. The first kappa shape index (κ1) is 12.8. The highest BCUT2D eigenvalue weighted by Gasteiger charge is 2.00. The minimum Gasteiger partial charge on any atom is -0.466 e. The Hall–Kier alpha value is -0.180. The number of thioether (sulfide) groups is 1. The molecule has 0 aliphatic rings. The number of unbranched alkanes of at least 4 members (excludes halogenated alkanes) is 2. The zero-order valence-corrected chi connectivity index (χ0v) is 9.49. The molecule has 0 unspecified atom stereocenters. The smallest absolute Gasteiger partial charge is 0.305 e. The van der Waals surface area contributed by atoms with E-state index in [4.69, 9.17) is 4.74 Å². The first-order valence-electron chi connectivity index (χ1n) is 4.95. The van der Waals surface area contributed by atoms with Crippen LogP contribution in [0.25, 0.3) is 0 Å². The van der Waals surface area contributed by atoms with Crippen LogP contribution >= 0.6 is 11.8 Å². The normalized spacial score (nSPS) is 10.0. The van der Waals surface area contributed by atoms with Gasteiger partial charge in [-0.2, -0.15) is 11.8 Å². The molecule has 0 aromatic carbocycles. The Morgan fingerprint density at radius 3 is 2.69 bits per heavy atom. The van der Waals surface area contributed by atoms with E-state index in [1.165, 1.54) is 12.2 Å². The molecular weight excluding hydrogens is 184 g/mol. The molecule has 0 atom stereocenters. The molecule has 0 aromatic rings. The highest BCUT2D eigenvalue weighted by Crippen LogP contribution is 2.05. The topological polar surface area (TPSA) is 26.3 Å². The molecule has 0 spiro atoms. The highest BCUT2D eigenvalue weighted by molar-refractivity contribution is 7.98. The van der Waals surface area contributed by atoms with E-state index in [0.717, 1.165) is 19.3 Å². The van der Waals surface area contributed by atoms with Crippen molar-refractivity contribution in [2.45, 2.75) is 39.0 Å². The highest BCUT2D eigenvalue weighted by atomic mass is 32.2. The number of rotatable bonds is 8. The minimum atomic E-state index is -0.0361. The lowest BCUT2D eigenvalue weighted by molar-refractivity contribution is -0.143. The second-order valence-electron chi connectivity index (χ2n) is 3.02. The van der Waals surface area contributed by atoms with Crippen molar-refractivity contribution in [3.8, 4) is 0 Å². The van der Waals surface area contributed by atoms with Crippen molar-refractivity contribution < 1.29 is 9.53 Å². The van der Waals surface area contributed by atoms with Crippen LogP contribution in [-0.4, -0.2) is 24.6 Å². The lowest BCUT2D eigenvalue weighted by Gasteiger charge is -2.02. The molecule has 0 heterocycles. The van der Waals surface area contributed by atoms with Crippen LogP contribution in [-0.2, 0) is 9.53 Å². The van der Waals surface area contributed by atoms with Gasteiger partial charge in [0.25, 0.3) is 0 Å². The number of hydrogen-bond acceptors (Lipinski definition) is 3. The predicted octanol–water partition coefficient (Wildman–Crippen LogP) is 2.86. The molecule has 0 saturated carbocycles. The van der Waals surface area contributed by atoms with Crippen molar-refractivity contribution in [3.05, 3.63) is 0 Å². The largest absolute Gasteiger partial charge is 0.466 e. The zero-order chi connectivity index (χ0) is 9.94. The second kappa shape index (κ2) is 9.90. The van der Waals surface area contributed by atoms with E-state index < -0.39 is 0 Å². The van der Waals surface area contributed by atoms with Gasteiger partial charge in [0.05, 0.1) is 6.61 Å². The van der Waals surface area contributed by atoms with Gasteiger partial charge >= 0.3 is 5.97 Å². The molecule has 78 valence electrons. The molecule has 2 nitrogen and oxygen atoms in total. The maximum absolute atomic E-state index is 11.0. The van der Waals surface area contributed by atoms with Gasteiger partial charge in [-0.05, 0) is 31.3 Å². The summed E-state index contributed by atoms with van der Waals surface area (Å²) in [6, 6.07) is 0. The number of carbonyl (C=O) groups excluding carboxylic acids is 1. The maximum atomic E-state index is 11.0. The summed E-state index contributed by atoms with van der Waals surface area (Å²) >= 11 is 1.86. The van der Waals surface area contributed by atoms with Crippen molar-refractivity contribution in [1.29, 1.82) is 0 Å². The molecule has 0 aliphatic carbocycles. The van der Waals surface area contributed by atoms with Gasteiger partial charge in [0, 0.05) is 6.42 Å². The van der Waals surface area contributed by atoms with Gasteiger partial charge < -0.3 is 4.74 Å². The number of carbonyl (C=O) groups is 1. The maximum Gasteiger partial charge on any atom is 0.305 e. The van der Waals surface area contributed by atoms with Crippen molar-refractivity contribution in [3.63, 3.8) is 0 Å². The van der Waals surface area contributed by atoms with Crippen LogP contribution in [0.15, 0.2) is 0 Å². The van der Waals surface area contributed by atoms with E-state index in [9.17, 15) is 4.79 Å². The number of ether oxygens (including phenoxy) is 1. The Balaban J connectivity index is 3.08. The van der Waals surface area contributed by atoms with Crippen LogP contribution in [0.2, 0.25) is 0 Å². The summed E-state index contributed by atoms with van der Waals surface area (Å²) in [5.41, 5.74) is 0. The second-order valence-corrected chi connectivity index (χ2v) is 4.01. The summed E-state index contributed by atoms with van der Waals surface area (Å²) < 4.78 is 4.95. The fourth-order valence-electron chi connectivity index (χ4n) is 0.981. The van der Waals surface area contributed by atoms with Gasteiger partial charge in [-0.3, -0.25) is 4.79 Å². The van der Waals surface area contributed by atoms with Crippen LogP contribution < -0.4 is 0 Å². The number of esters is 1. The van der Waals surface area contributed by atoms with E-state index in [0.29, 0.717) is 13.0 Å². The molecule has 3 heteroatoms. The van der Waals surface area contributed by atoms with Crippen LogP contribution in [0.1, 0.15) is 39.0 Å². The Bertz CT molecular complexity index is 126. The molecule has 0 rings (SSSR count).